The largest absolute Gasteiger partial charge is 0.366 e. The van der Waals surface area contributed by atoms with Gasteiger partial charge in [-0.2, -0.15) is 0 Å². The number of primary amides is 1. The van der Waals surface area contributed by atoms with Gasteiger partial charge < -0.3 is 5.73 Å². The van der Waals surface area contributed by atoms with Crippen molar-refractivity contribution in [2.75, 3.05) is 0 Å². The molecule has 1 amide bonds. The zero-order valence-electron chi connectivity index (χ0n) is 11.1. The van der Waals surface area contributed by atoms with Crippen molar-refractivity contribution < 1.29 is 13.2 Å². The van der Waals surface area contributed by atoms with Crippen molar-refractivity contribution >= 4 is 43.2 Å². The van der Waals surface area contributed by atoms with Crippen molar-refractivity contribution in [3.63, 3.8) is 0 Å². The number of thiophene rings is 1. The molecule has 8 heteroatoms. The Morgan fingerprint density at radius 1 is 1.38 bits per heavy atom. The molecule has 0 saturated carbocycles. The second-order valence-corrected chi connectivity index (χ2v) is 8.78. The lowest BCUT2D eigenvalue weighted by Crippen LogP contribution is -2.22. The van der Waals surface area contributed by atoms with Crippen LogP contribution in [0.5, 0.6) is 0 Å². The molecule has 0 unspecified atom stereocenters. The predicted octanol–water partition coefficient (Wildman–Crippen LogP) is 2.40. The Labute approximate surface area is 135 Å². The van der Waals surface area contributed by atoms with E-state index in [1.54, 1.807) is 30.3 Å². The molecule has 1 heterocycles. The molecular formula is C13H13BrN2O3S2. The fourth-order valence-corrected chi connectivity index (χ4v) is 4.94. The lowest BCUT2D eigenvalue weighted by molar-refractivity contribution is 0.1000. The number of carbonyl (C=O) groups is 1. The molecule has 2 aromatic rings. The van der Waals surface area contributed by atoms with E-state index in [1.807, 2.05) is 6.92 Å². The summed E-state index contributed by atoms with van der Waals surface area (Å²) < 4.78 is 27.9. The van der Waals surface area contributed by atoms with Gasteiger partial charge in [-0.1, -0.05) is 12.1 Å². The maximum absolute atomic E-state index is 12.2. The molecule has 2 rings (SSSR count). The Hall–Kier alpha value is -1.22. The summed E-state index contributed by atoms with van der Waals surface area (Å²) in [6.07, 6.45) is 0. The normalized spacial score (nSPS) is 11.5. The van der Waals surface area contributed by atoms with Gasteiger partial charge in [-0.3, -0.25) is 4.79 Å². The maximum Gasteiger partial charge on any atom is 0.250 e. The van der Waals surface area contributed by atoms with Crippen LogP contribution in [0, 0.1) is 6.92 Å². The first-order chi connectivity index (χ1) is 9.79. The van der Waals surface area contributed by atoms with Gasteiger partial charge in [-0.25, -0.2) is 13.1 Å². The Morgan fingerprint density at radius 2 is 2.10 bits per heavy atom. The maximum atomic E-state index is 12.2. The van der Waals surface area contributed by atoms with Gasteiger partial charge in [0.2, 0.25) is 15.9 Å². The third-order valence-electron chi connectivity index (χ3n) is 2.78. The third kappa shape index (κ3) is 3.91. The van der Waals surface area contributed by atoms with Crippen LogP contribution in [-0.2, 0) is 16.6 Å². The first-order valence-electron chi connectivity index (χ1n) is 5.94. The number of amides is 1. The van der Waals surface area contributed by atoms with Gasteiger partial charge in [0.25, 0.3) is 0 Å². The first kappa shape index (κ1) is 16.2. The number of hydrogen-bond acceptors (Lipinski definition) is 4. The van der Waals surface area contributed by atoms with Crippen LogP contribution in [0.1, 0.15) is 21.5 Å². The lowest BCUT2D eigenvalue weighted by Gasteiger charge is -2.06. The van der Waals surface area contributed by atoms with E-state index in [1.165, 1.54) is 0 Å². The number of nitrogens with one attached hydrogen (secondary N) is 1. The van der Waals surface area contributed by atoms with Crippen LogP contribution in [0.4, 0.5) is 0 Å². The molecule has 0 saturated heterocycles. The number of sulfonamides is 1. The minimum absolute atomic E-state index is 0.0953. The van der Waals surface area contributed by atoms with Crippen LogP contribution in [0.25, 0.3) is 0 Å². The van der Waals surface area contributed by atoms with Crippen LogP contribution in [0.3, 0.4) is 0 Å². The molecule has 112 valence electrons. The average molecular weight is 389 g/mol. The summed E-state index contributed by atoms with van der Waals surface area (Å²) in [4.78, 5) is 11.1. The first-order valence-corrected chi connectivity index (χ1v) is 9.03. The Morgan fingerprint density at radius 3 is 2.67 bits per heavy atom. The summed E-state index contributed by atoms with van der Waals surface area (Å²) in [6.45, 7) is 1.92. The number of nitrogens with two attached hydrogens (primary N) is 1. The van der Waals surface area contributed by atoms with E-state index in [9.17, 15) is 13.2 Å². The molecule has 0 bridgehead atoms. The van der Waals surface area contributed by atoms with Gasteiger partial charge in [0.15, 0.2) is 0 Å². The fourth-order valence-electron chi connectivity index (χ4n) is 1.65. The number of hydrogen-bond donors (Lipinski definition) is 2. The molecule has 1 aromatic carbocycles. The summed E-state index contributed by atoms with van der Waals surface area (Å²) in [5.74, 6) is -0.544. The van der Waals surface area contributed by atoms with Crippen molar-refractivity contribution in [3.05, 3.63) is 50.8 Å². The second-order valence-electron chi connectivity index (χ2n) is 4.41. The lowest BCUT2D eigenvalue weighted by atomic mass is 10.1. The molecule has 0 radical (unpaired) electrons. The molecule has 0 fully saturated rings. The molecule has 5 nitrogen and oxygen atoms in total. The summed E-state index contributed by atoms with van der Waals surface area (Å²) in [5, 5.41) is 0. The van der Waals surface area contributed by atoms with Crippen LogP contribution >= 0.6 is 27.3 Å². The number of halogens is 1. The van der Waals surface area contributed by atoms with Gasteiger partial charge in [0.1, 0.15) is 4.21 Å². The summed E-state index contributed by atoms with van der Waals surface area (Å²) in [7, 11) is -3.57. The molecule has 0 spiro atoms. The highest BCUT2D eigenvalue weighted by molar-refractivity contribution is 9.11. The highest BCUT2D eigenvalue weighted by Gasteiger charge is 2.18. The number of rotatable bonds is 5. The van der Waals surface area contributed by atoms with Gasteiger partial charge in [0.05, 0.1) is 3.79 Å². The minimum atomic E-state index is -3.57. The van der Waals surface area contributed by atoms with E-state index in [0.29, 0.717) is 11.1 Å². The Kier molecular flexibility index (Phi) is 4.82. The molecule has 0 aliphatic carbocycles. The number of benzene rings is 1. The van der Waals surface area contributed by atoms with Crippen LogP contribution < -0.4 is 10.5 Å². The smallest absolute Gasteiger partial charge is 0.250 e. The molecule has 0 aliphatic rings. The fraction of sp³-hybridized carbons (Fsp3) is 0.154. The van der Waals surface area contributed by atoms with Crippen molar-refractivity contribution in [2.45, 2.75) is 17.7 Å². The second kappa shape index (κ2) is 6.27. The van der Waals surface area contributed by atoms with E-state index >= 15 is 0 Å². The van der Waals surface area contributed by atoms with Crippen molar-refractivity contribution in [1.29, 1.82) is 0 Å². The van der Waals surface area contributed by atoms with Crippen molar-refractivity contribution in [2.24, 2.45) is 5.73 Å². The number of carbonyl (C=O) groups excluding carboxylic acids is 1. The highest BCUT2D eigenvalue weighted by Crippen LogP contribution is 2.30. The van der Waals surface area contributed by atoms with E-state index < -0.39 is 15.9 Å². The number of aryl methyl sites for hydroxylation is 1. The van der Waals surface area contributed by atoms with Crippen molar-refractivity contribution in [3.8, 4) is 0 Å². The van der Waals surface area contributed by atoms with Crippen LogP contribution in [-0.4, -0.2) is 14.3 Å². The molecule has 3 N–H and O–H groups in total. The molecule has 0 atom stereocenters. The monoisotopic (exact) mass is 388 g/mol. The predicted molar refractivity (Wildman–Crippen MR) is 85.7 cm³/mol. The quantitative estimate of drug-likeness (QED) is 0.823. The van der Waals surface area contributed by atoms with E-state index in [2.05, 4.69) is 20.7 Å². The van der Waals surface area contributed by atoms with Gasteiger partial charge in [-0.05, 0) is 52.2 Å². The van der Waals surface area contributed by atoms with E-state index in [0.717, 1.165) is 20.7 Å². The van der Waals surface area contributed by atoms with Gasteiger partial charge >= 0.3 is 0 Å². The zero-order valence-corrected chi connectivity index (χ0v) is 14.3. The van der Waals surface area contributed by atoms with Gasteiger partial charge in [-0.15, -0.1) is 11.3 Å². The topological polar surface area (TPSA) is 89.3 Å². The molecule has 0 aliphatic heterocycles. The molecule has 21 heavy (non-hydrogen) atoms. The van der Waals surface area contributed by atoms with Crippen LogP contribution in [0.15, 0.2) is 38.3 Å². The summed E-state index contributed by atoms with van der Waals surface area (Å²) in [5.41, 5.74) is 7.08. The van der Waals surface area contributed by atoms with Gasteiger partial charge in [0, 0.05) is 12.1 Å². The third-order valence-corrected chi connectivity index (χ3v) is 6.79. The Balaban J connectivity index is 2.15. The standard InChI is InChI=1S/C13H13BrN2O3S2/c1-8-5-11(20-12(8)14)21(18,19)16-7-9-3-2-4-10(6-9)13(15)17/h2-6,16H,7H2,1H3,(H2,15,17). The highest BCUT2D eigenvalue weighted by atomic mass is 79.9. The van der Waals surface area contributed by atoms with E-state index in [-0.39, 0.29) is 10.8 Å². The minimum Gasteiger partial charge on any atom is -0.366 e. The van der Waals surface area contributed by atoms with Crippen molar-refractivity contribution in [1.82, 2.24) is 4.72 Å². The van der Waals surface area contributed by atoms with E-state index in [4.69, 9.17) is 5.73 Å². The average Bonchev–Trinajstić information content (AvgIpc) is 2.78. The summed E-state index contributed by atoms with van der Waals surface area (Å²) in [6, 6.07) is 8.15. The SMILES string of the molecule is Cc1cc(S(=O)(=O)NCc2cccc(C(N)=O)c2)sc1Br. The molecular weight excluding hydrogens is 376 g/mol. The summed E-state index contributed by atoms with van der Waals surface area (Å²) >= 11 is 4.46. The van der Waals surface area contributed by atoms with Crippen LogP contribution in [0.2, 0.25) is 0 Å². The molecule has 1 aromatic heterocycles. The Bertz CT molecular complexity index is 765. The zero-order chi connectivity index (χ0) is 15.6.